The fraction of sp³-hybridized carbons (Fsp3) is 0.487. The summed E-state index contributed by atoms with van der Waals surface area (Å²) < 4.78 is 36.0. The number of aromatic nitrogens is 1. The van der Waals surface area contributed by atoms with Crippen LogP contribution in [0.15, 0.2) is 65.2 Å². The Morgan fingerprint density at radius 3 is 2.76 bits per heavy atom. The number of carbonyl (C=O) groups excluding carboxylic acids is 2. The molecule has 266 valence electrons. The summed E-state index contributed by atoms with van der Waals surface area (Å²) in [5.74, 6) is 0.191. The van der Waals surface area contributed by atoms with Crippen LogP contribution in [-0.4, -0.2) is 59.3 Å². The highest BCUT2D eigenvalue weighted by Gasteiger charge is 2.44. The van der Waals surface area contributed by atoms with E-state index >= 15 is 0 Å². The Bertz CT molecular complexity index is 1950. The van der Waals surface area contributed by atoms with E-state index in [1.165, 1.54) is 11.1 Å². The largest absolute Gasteiger partial charge is 0.490 e. The van der Waals surface area contributed by atoms with Crippen molar-refractivity contribution in [3.63, 3.8) is 0 Å². The van der Waals surface area contributed by atoms with Gasteiger partial charge in [0.05, 0.1) is 29.7 Å². The van der Waals surface area contributed by atoms with Crippen molar-refractivity contribution in [3.8, 4) is 5.75 Å². The molecule has 0 saturated heterocycles. The Morgan fingerprint density at radius 1 is 1.18 bits per heavy atom. The number of anilines is 1. The van der Waals surface area contributed by atoms with Gasteiger partial charge in [-0.05, 0) is 111 Å². The van der Waals surface area contributed by atoms with Crippen LogP contribution in [-0.2, 0) is 33.5 Å². The molecule has 0 radical (unpaired) electrons. The van der Waals surface area contributed by atoms with Crippen LogP contribution < -0.4 is 14.4 Å². The van der Waals surface area contributed by atoms with Gasteiger partial charge in [-0.15, -0.1) is 4.36 Å². The molecule has 50 heavy (non-hydrogen) atoms. The van der Waals surface area contributed by atoms with Crippen LogP contribution in [0, 0.1) is 24.7 Å². The molecule has 2 aliphatic carbocycles. The molecule has 1 unspecified atom stereocenters. The summed E-state index contributed by atoms with van der Waals surface area (Å²) in [6, 6.07) is 13.3. The average molecular weight is 719 g/mol. The highest BCUT2D eigenvalue weighted by molar-refractivity contribution is 7.92. The summed E-state index contributed by atoms with van der Waals surface area (Å²) >= 11 is 6.46. The van der Waals surface area contributed by atoms with Gasteiger partial charge < -0.3 is 18.9 Å². The number of aryl methyl sites for hydroxylation is 3. The number of nitrogens with one attached hydrogen (secondary N) is 1. The molecular formula is C39H47ClN4O5S. The number of nitrogens with zero attached hydrogens (tertiary/aromatic N) is 3. The number of ether oxygens (including phenoxy) is 2. The lowest BCUT2D eigenvalue weighted by Gasteiger charge is -2.46. The maximum Gasteiger partial charge on any atom is 0.286 e. The first kappa shape index (κ1) is 34.8. The van der Waals surface area contributed by atoms with E-state index in [4.69, 9.17) is 21.1 Å². The molecule has 3 aromatic rings. The molecule has 3 heterocycles. The van der Waals surface area contributed by atoms with E-state index in [-0.39, 0.29) is 23.2 Å². The Hall–Kier alpha value is -3.60. The predicted octanol–water partition coefficient (Wildman–Crippen LogP) is 7.05. The number of hydrogen-bond acceptors (Lipinski definition) is 6. The van der Waals surface area contributed by atoms with Crippen molar-refractivity contribution >= 4 is 39.0 Å². The molecule has 1 spiro atoms. The molecule has 2 aliphatic heterocycles. The maximum atomic E-state index is 14.5. The number of fused-ring (bicyclic) bond motifs is 4. The third-order valence-electron chi connectivity index (χ3n) is 11.3. The van der Waals surface area contributed by atoms with Crippen LogP contribution in [0.4, 0.5) is 5.69 Å². The lowest BCUT2D eigenvalue weighted by molar-refractivity contribution is 0.0131. The van der Waals surface area contributed by atoms with Crippen molar-refractivity contribution in [2.75, 3.05) is 37.5 Å². The fourth-order valence-electron chi connectivity index (χ4n) is 8.37. The minimum absolute atomic E-state index is 0.0243. The smallest absolute Gasteiger partial charge is 0.286 e. The SMILES string of the molecule is CO[C@H]1/C=C\C[C@H](C)CS(=O)(NC(=O)c2cc(C)n(C)c2)=NC(=O)c2ccc3c(c2)N(C[C@@H]2CC[C@H]21)C[C@@]1(CCCc2cc(Cl)ccc21)CO3. The average Bonchev–Trinajstić information content (AvgIpc) is 3.33. The first-order chi connectivity index (χ1) is 24.0. The third-order valence-corrected chi connectivity index (χ3v) is 13.5. The molecule has 1 aromatic heterocycles. The Balaban J connectivity index is 1.30. The topological polar surface area (TPSA) is 102 Å². The number of carbonyl (C=O) groups is 2. The number of halogens is 1. The molecule has 1 fully saturated rings. The molecule has 2 amide bonds. The Kier molecular flexibility index (Phi) is 9.65. The van der Waals surface area contributed by atoms with Crippen molar-refractivity contribution in [2.24, 2.45) is 29.2 Å². The van der Waals surface area contributed by atoms with Crippen LogP contribution in [0.1, 0.15) is 76.6 Å². The van der Waals surface area contributed by atoms with Gasteiger partial charge in [0, 0.05) is 55.1 Å². The van der Waals surface area contributed by atoms with Crippen LogP contribution in [0.5, 0.6) is 5.75 Å². The van der Waals surface area contributed by atoms with Gasteiger partial charge in [0.15, 0.2) is 0 Å². The molecule has 11 heteroatoms. The first-order valence-corrected chi connectivity index (χ1v) is 19.8. The Morgan fingerprint density at radius 2 is 2.02 bits per heavy atom. The quantitative estimate of drug-likeness (QED) is 0.292. The third kappa shape index (κ3) is 6.86. The van der Waals surface area contributed by atoms with Gasteiger partial charge in [-0.25, -0.2) is 4.21 Å². The first-order valence-electron chi connectivity index (χ1n) is 17.7. The summed E-state index contributed by atoms with van der Waals surface area (Å²) in [5.41, 5.74) is 4.68. The lowest BCUT2D eigenvalue weighted by Crippen LogP contribution is -2.49. The van der Waals surface area contributed by atoms with Crippen molar-refractivity contribution in [3.05, 3.63) is 93.8 Å². The molecule has 1 saturated carbocycles. The van der Waals surface area contributed by atoms with Gasteiger partial charge in [-0.2, -0.15) is 0 Å². The second kappa shape index (κ2) is 13.8. The van der Waals surface area contributed by atoms with Crippen molar-refractivity contribution in [1.29, 1.82) is 0 Å². The number of amides is 2. The fourth-order valence-corrected chi connectivity index (χ4v) is 10.5. The minimum Gasteiger partial charge on any atom is -0.490 e. The molecule has 4 aliphatic rings. The van der Waals surface area contributed by atoms with Crippen LogP contribution >= 0.6 is 11.6 Å². The lowest BCUT2D eigenvalue weighted by atomic mass is 9.68. The summed E-state index contributed by atoms with van der Waals surface area (Å²) in [6.07, 6.45) is 11.6. The number of benzene rings is 2. The zero-order chi connectivity index (χ0) is 35.2. The maximum absolute atomic E-state index is 14.5. The summed E-state index contributed by atoms with van der Waals surface area (Å²) in [5, 5.41) is 0.743. The van der Waals surface area contributed by atoms with Gasteiger partial charge in [-0.1, -0.05) is 36.7 Å². The van der Waals surface area contributed by atoms with E-state index in [0.717, 1.165) is 61.6 Å². The number of allylic oxidation sites excluding steroid dienone is 1. The van der Waals surface area contributed by atoms with Crippen LogP contribution in [0.2, 0.25) is 5.02 Å². The molecule has 2 aromatic carbocycles. The second-order valence-electron chi connectivity index (χ2n) is 14.9. The van der Waals surface area contributed by atoms with Crippen LogP contribution in [0.3, 0.4) is 0 Å². The normalized spacial score (nSPS) is 30.2. The zero-order valence-electron chi connectivity index (χ0n) is 29.3. The van der Waals surface area contributed by atoms with Gasteiger partial charge in [0.2, 0.25) is 0 Å². The molecule has 9 nitrogen and oxygen atoms in total. The number of rotatable bonds is 3. The molecule has 1 N–H and O–H groups in total. The van der Waals surface area contributed by atoms with Gasteiger partial charge >= 0.3 is 0 Å². The molecule has 6 atom stereocenters. The van der Waals surface area contributed by atoms with E-state index in [0.29, 0.717) is 41.7 Å². The highest BCUT2D eigenvalue weighted by atomic mass is 35.5. The number of methoxy groups -OCH3 is 1. The van der Waals surface area contributed by atoms with Gasteiger partial charge in [0.1, 0.15) is 15.7 Å². The predicted molar refractivity (Wildman–Crippen MR) is 198 cm³/mol. The van der Waals surface area contributed by atoms with Crippen molar-refractivity contribution in [1.82, 2.24) is 9.29 Å². The van der Waals surface area contributed by atoms with E-state index in [1.807, 2.05) is 43.7 Å². The van der Waals surface area contributed by atoms with Crippen LogP contribution in [0.25, 0.3) is 0 Å². The molecule has 2 bridgehead atoms. The Labute approximate surface area is 300 Å². The summed E-state index contributed by atoms with van der Waals surface area (Å²) in [6.45, 7) is 5.87. The standard InChI is InChI=1S/C39H47ClN4O5S/c1-25-7-5-9-35(48-4)32-13-10-29(32)21-44-23-39(16-6-8-27-18-31(40)12-14-33(27)39)24-49-36-15-11-28(19-34(36)44)37(45)41-50(47,22-25)42-38(46)30-17-26(2)43(3)20-30/h5,9,11-12,14-15,17-20,25,29,32,35H,6-8,10,13,16,21-24H2,1-4H3,(H,41,42,45,46,47)/b9-5-/t25-,29-,32+,35-,39-,50?/m0/s1. The van der Waals surface area contributed by atoms with Gasteiger partial charge in [-0.3, -0.25) is 14.3 Å². The highest BCUT2D eigenvalue weighted by Crippen LogP contribution is 2.47. The van der Waals surface area contributed by atoms with Crippen molar-refractivity contribution in [2.45, 2.75) is 63.9 Å². The van der Waals surface area contributed by atoms with Gasteiger partial charge in [0.25, 0.3) is 11.8 Å². The van der Waals surface area contributed by atoms with E-state index in [9.17, 15) is 13.8 Å². The van der Waals surface area contributed by atoms with Crippen molar-refractivity contribution < 1.29 is 23.3 Å². The minimum atomic E-state index is -3.50. The monoisotopic (exact) mass is 718 g/mol. The molecular weight excluding hydrogens is 672 g/mol. The van der Waals surface area contributed by atoms with E-state index in [2.05, 4.69) is 38.3 Å². The van der Waals surface area contributed by atoms with E-state index < -0.39 is 21.7 Å². The number of hydrogen-bond donors (Lipinski definition) is 1. The zero-order valence-corrected chi connectivity index (χ0v) is 30.9. The van der Waals surface area contributed by atoms with E-state index in [1.54, 1.807) is 25.4 Å². The molecule has 7 rings (SSSR count). The summed E-state index contributed by atoms with van der Waals surface area (Å²) in [4.78, 5) is 29.8. The summed E-state index contributed by atoms with van der Waals surface area (Å²) in [7, 11) is 0.113. The second-order valence-corrected chi connectivity index (χ2v) is 17.3.